The molecule has 0 fully saturated rings. The highest BCUT2D eigenvalue weighted by molar-refractivity contribution is 6.12. The number of amides is 1. The molecular weight excluding hydrogens is 295 g/mol. The highest BCUT2D eigenvalue weighted by atomic mass is 19.1. The normalized spacial score (nSPS) is 10.5. The number of aromatic nitrogens is 1. The molecule has 1 amide bonds. The van der Waals surface area contributed by atoms with E-state index in [-0.39, 0.29) is 5.56 Å². The van der Waals surface area contributed by atoms with Crippen molar-refractivity contribution in [3.63, 3.8) is 0 Å². The van der Waals surface area contributed by atoms with Crippen molar-refractivity contribution in [1.82, 2.24) is 10.3 Å². The summed E-state index contributed by atoms with van der Waals surface area (Å²) < 4.78 is 13.5. The van der Waals surface area contributed by atoms with E-state index in [1.54, 1.807) is 6.07 Å². The molecule has 2 aromatic carbocycles. The Balaban J connectivity index is 2.24. The Bertz CT molecular complexity index is 909. The largest absolute Gasteiger partial charge is 0.370 e. The number of hydrogen-bond acceptors (Lipinski definition) is 3. The van der Waals surface area contributed by atoms with E-state index in [1.165, 1.54) is 18.2 Å². The van der Waals surface area contributed by atoms with Gasteiger partial charge >= 0.3 is 0 Å². The van der Waals surface area contributed by atoms with Crippen molar-refractivity contribution in [2.75, 3.05) is 0 Å². The molecule has 0 unspecified atom stereocenters. The number of benzene rings is 2. The predicted molar refractivity (Wildman–Crippen MR) is 86.5 cm³/mol. The van der Waals surface area contributed by atoms with Gasteiger partial charge in [0.05, 0.1) is 16.8 Å². The lowest BCUT2D eigenvalue weighted by Gasteiger charge is -2.10. The molecule has 4 N–H and O–H groups in total. The molecule has 1 aromatic heterocycles. The summed E-state index contributed by atoms with van der Waals surface area (Å²) in [6.45, 7) is 0. The van der Waals surface area contributed by atoms with Crippen molar-refractivity contribution >= 4 is 22.8 Å². The molecular formula is C17H13FN4O. The fourth-order valence-corrected chi connectivity index (χ4v) is 2.33. The van der Waals surface area contributed by atoms with Gasteiger partial charge in [0.2, 0.25) is 0 Å². The van der Waals surface area contributed by atoms with Crippen LogP contribution in [0.2, 0.25) is 0 Å². The quantitative estimate of drug-likeness (QED) is 0.502. The summed E-state index contributed by atoms with van der Waals surface area (Å²) in [6, 6.07) is 14.9. The van der Waals surface area contributed by atoms with E-state index in [2.05, 4.69) is 10.3 Å². The molecule has 0 bridgehead atoms. The molecule has 23 heavy (non-hydrogen) atoms. The lowest BCUT2D eigenvalue weighted by molar-refractivity contribution is 0.0978. The van der Waals surface area contributed by atoms with Gasteiger partial charge in [-0.1, -0.05) is 30.3 Å². The minimum absolute atomic E-state index is 0.212. The maximum absolute atomic E-state index is 13.5. The Morgan fingerprint density at radius 2 is 1.87 bits per heavy atom. The smallest absolute Gasteiger partial charge is 0.258 e. The summed E-state index contributed by atoms with van der Waals surface area (Å²) in [7, 11) is 0. The standard InChI is InChI=1S/C17H13FN4O/c18-11-6-7-14-12(8-11)13(16(23)22-17(19)20)9-15(21-14)10-4-2-1-3-5-10/h1-9H,(H4,19,20,22,23). The van der Waals surface area contributed by atoms with Gasteiger partial charge < -0.3 is 5.73 Å². The maximum Gasteiger partial charge on any atom is 0.258 e. The van der Waals surface area contributed by atoms with Gasteiger partial charge in [0, 0.05) is 10.9 Å². The topological polar surface area (TPSA) is 91.9 Å². The fraction of sp³-hybridized carbons (Fsp3) is 0. The summed E-state index contributed by atoms with van der Waals surface area (Å²) in [5, 5.41) is 9.78. The number of carbonyl (C=O) groups is 1. The molecule has 3 rings (SSSR count). The van der Waals surface area contributed by atoms with Crippen LogP contribution in [0.1, 0.15) is 10.4 Å². The van der Waals surface area contributed by atoms with Crippen LogP contribution in [0.4, 0.5) is 4.39 Å². The molecule has 0 spiro atoms. The summed E-state index contributed by atoms with van der Waals surface area (Å²) in [5.41, 5.74) is 7.33. The number of nitrogens with one attached hydrogen (secondary N) is 2. The van der Waals surface area contributed by atoms with Crippen LogP contribution in [0, 0.1) is 11.2 Å². The zero-order valence-corrected chi connectivity index (χ0v) is 12.0. The Morgan fingerprint density at radius 1 is 1.13 bits per heavy atom. The molecule has 5 nitrogen and oxygen atoms in total. The van der Waals surface area contributed by atoms with Gasteiger partial charge in [-0.2, -0.15) is 0 Å². The van der Waals surface area contributed by atoms with Gasteiger partial charge in [0.1, 0.15) is 5.82 Å². The number of fused-ring (bicyclic) bond motifs is 1. The number of carbonyl (C=O) groups excluding carboxylic acids is 1. The number of guanidine groups is 1. The van der Waals surface area contributed by atoms with Crippen molar-refractivity contribution in [3.8, 4) is 11.3 Å². The third-order valence-corrected chi connectivity index (χ3v) is 3.33. The summed E-state index contributed by atoms with van der Waals surface area (Å²) >= 11 is 0. The van der Waals surface area contributed by atoms with Gasteiger partial charge in [-0.25, -0.2) is 9.37 Å². The molecule has 0 aliphatic rings. The van der Waals surface area contributed by atoms with Crippen molar-refractivity contribution in [1.29, 1.82) is 5.41 Å². The van der Waals surface area contributed by atoms with Gasteiger partial charge in [-0.3, -0.25) is 15.5 Å². The fourth-order valence-electron chi connectivity index (χ4n) is 2.33. The lowest BCUT2D eigenvalue weighted by atomic mass is 10.0. The van der Waals surface area contributed by atoms with Crippen LogP contribution in [-0.2, 0) is 0 Å². The monoisotopic (exact) mass is 308 g/mol. The number of hydrogen-bond donors (Lipinski definition) is 3. The van der Waals surface area contributed by atoms with Gasteiger partial charge in [0.15, 0.2) is 5.96 Å². The van der Waals surface area contributed by atoms with Crippen LogP contribution in [0.3, 0.4) is 0 Å². The van der Waals surface area contributed by atoms with E-state index < -0.39 is 17.7 Å². The molecule has 0 aliphatic carbocycles. The number of pyridine rings is 1. The van der Waals surface area contributed by atoms with E-state index in [0.717, 1.165) is 5.56 Å². The molecule has 6 heteroatoms. The van der Waals surface area contributed by atoms with Gasteiger partial charge in [-0.15, -0.1) is 0 Å². The van der Waals surface area contributed by atoms with E-state index in [1.807, 2.05) is 30.3 Å². The number of rotatable bonds is 2. The molecule has 0 aliphatic heterocycles. The number of nitrogens with two attached hydrogens (primary N) is 1. The maximum atomic E-state index is 13.5. The Kier molecular flexibility index (Phi) is 3.72. The molecule has 3 aromatic rings. The van der Waals surface area contributed by atoms with Crippen LogP contribution in [0.15, 0.2) is 54.6 Å². The highest BCUT2D eigenvalue weighted by Gasteiger charge is 2.15. The minimum atomic E-state index is -0.576. The van der Waals surface area contributed by atoms with Crippen LogP contribution < -0.4 is 11.1 Å². The zero-order valence-electron chi connectivity index (χ0n) is 12.0. The Hall–Kier alpha value is -3.28. The van der Waals surface area contributed by atoms with E-state index in [0.29, 0.717) is 16.6 Å². The first kappa shape index (κ1) is 14.6. The first-order valence-corrected chi connectivity index (χ1v) is 6.86. The number of nitrogens with zero attached hydrogens (tertiary/aromatic N) is 1. The van der Waals surface area contributed by atoms with Crippen molar-refractivity contribution < 1.29 is 9.18 Å². The van der Waals surface area contributed by atoms with Crippen LogP contribution in [0.5, 0.6) is 0 Å². The van der Waals surface area contributed by atoms with E-state index in [9.17, 15) is 9.18 Å². The van der Waals surface area contributed by atoms with Gasteiger partial charge in [0.25, 0.3) is 5.91 Å². The average molecular weight is 308 g/mol. The predicted octanol–water partition coefficient (Wildman–Crippen LogP) is 2.66. The molecule has 0 saturated carbocycles. The first-order valence-electron chi connectivity index (χ1n) is 6.86. The molecule has 0 saturated heterocycles. The second-order valence-corrected chi connectivity index (χ2v) is 4.95. The second kappa shape index (κ2) is 5.84. The van der Waals surface area contributed by atoms with E-state index >= 15 is 0 Å². The van der Waals surface area contributed by atoms with E-state index in [4.69, 9.17) is 11.1 Å². The SMILES string of the molecule is N=C(N)NC(=O)c1cc(-c2ccccc2)nc2ccc(F)cc12. The highest BCUT2D eigenvalue weighted by Crippen LogP contribution is 2.25. The lowest BCUT2D eigenvalue weighted by Crippen LogP contribution is -2.35. The van der Waals surface area contributed by atoms with Crippen LogP contribution in [0.25, 0.3) is 22.2 Å². The minimum Gasteiger partial charge on any atom is -0.370 e. The van der Waals surface area contributed by atoms with Crippen molar-refractivity contribution in [2.45, 2.75) is 0 Å². The summed E-state index contributed by atoms with van der Waals surface area (Å²) in [5.74, 6) is -1.52. The molecule has 0 atom stereocenters. The van der Waals surface area contributed by atoms with Crippen LogP contribution in [-0.4, -0.2) is 16.9 Å². The summed E-state index contributed by atoms with van der Waals surface area (Å²) in [4.78, 5) is 16.8. The Morgan fingerprint density at radius 3 is 2.57 bits per heavy atom. The molecule has 0 radical (unpaired) electrons. The summed E-state index contributed by atoms with van der Waals surface area (Å²) in [6.07, 6.45) is 0. The zero-order chi connectivity index (χ0) is 16.4. The van der Waals surface area contributed by atoms with Crippen LogP contribution >= 0.6 is 0 Å². The third-order valence-electron chi connectivity index (χ3n) is 3.33. The third kappa shape index (κ3) is 3.01. The molecule has 1 heterocycles. The van der Waals surface area contributed by atoms with Gasteiger partial charge in [-0.05, 0) is 24.3 Å². The second-order valence-electron chi connectivity index (χ2n) is 4.95. The number of halogens is 1. The molecule has 114 valence electrons. The van der Waals surface area contributed by atoms with Crippen molar-refractivity contribution in [2.24, 2.45) is 5.73 Å². The average Bonchev–Trinajstić information content (AvgIpc) is 2.54. The first-order chi connectivity index (χ1) is 11.0. The Labute approximate surface area is 131 Å². The van der Waals surface area contributed by atoms with Crippen molar-refractivity contribution in [3.05, 3.63) is 66.0 Å².